The van der Waals surface area contributed by atoms with Gasteiger partial charge in [0.15, 0.2) is 0 Å². The predicted molar refractivity (Wildman–Crippen MR) is 590 cm³/mol. The van der Waals surface area contributed by atoms with E-state index < -0.39 is 0 Å². The van der Waals surface area contributed by atoms with Crippen LogP contribution in [-0.4, -0.2) is 9.55 Å². The summed E-state index contributed by atoms with van der Waals surface area (Å²) >= 11 is 0. The highest BCUT2D eigenvalue weighted by Crippen LogP contribution is 2.62. The summed E-state index contributed by atoms with van der Waals surface area (Å²) in [6.07, 6.45) is 11.4. The molecule has 2 nitrogen and oxygen atoms in total. The number of benzene rings is 21. The Balaban J connectivity index is 0.000000108. The van der Waals surface area contributed by atoms with E-state index in [-0.39, 0.29) is 21.7 Å². The van der Waals surface area contributed by atoms with E-state index in [1.165, 1.54) is 289 Å². The number of aryl methyl sites for hydroxylation is 4. The van der Waals surface area contributed by atoms with Crippen molar-refractivity contribution in [2.75, 3.05) is 0 Å². The van der Waals surface area contributed by atoms with Gasteiger partial charge in [0.2, 0.25) is 0 Å². The Morgan fingerprint density at radius 3 is 1.07 bits per heavy atom. The molecule has 2 heteroatoms. The maximum atomic E-state index is 5.13. The summed E-state index contributed by atoms with van der Waals surface area (Å²) in [4.78, 5) is 5.13. The van der Waals surface area contributed by atoms with Gasteiger partial charge in [0, 0.05) is 32.9 Å². The summed E-state index contributed by atoms with van der Waals surface area (Å²) in [5, 5.41) is 15.9. The molecular weight excluding hydrogens is 1670 g/mol. The zero-order chi connectivity index (χ0) is 93.5. The van der Waals surface area contributed by atoms with Gasteiger partial charge >= 0.3 is 0 Å². The maximum absolute atomic E-state index is 5.13. The molecule has 0 saturated heterocycles. The minimum absolute atomic E-state index is 0.0213. The zero-order valence-corrected chi connectivity index (χ0v) is 80.8. The number of hydrogen-bond donors (Lipinski definition) is 0. The van der Waals surface area contributed by atoms with E-state index in [0.29, 0.717) is 0 Å². The largest absolute Gasteiger partial charge is 0.292 e. The second-order valence-electron chi connectivity index (χ2n) is 42.0. The van der Waals surface area contributed by atoms with Crippen molar-refractivity contribution in [1.82, 2.24) is 9.55 Å². The van der Waals surface area contributed by atoms with E-state index in [1.54, 1.807) is 16.7 Å². The lowest BCUT2D eigenvalue weighted by molar-refractivity contribution is 0.353. The Morgan fingerprint density at radius 2 is 0.576 bits per heavy atom. The minimum Gasteiger partial charge on any atom is -0.292 e. The first kappa shape index (κ1) is 84.2. The molecule has 1 fully saturated rings. The summed E-state index contributed by atoms with van der Waals surface area (Å²) in [5.74, 6) is 0.941. The SMILES string of the molecule is Cc1ccc2c(-c3ccc(-c4nc5ccccc5n4-c4ccccc4)cc3)c3ccccc3c(-c3cccc4c3-c3ccccc3C4(C)C)c2c1.Cc1ccc2c(-c3ccc4c(c3)C3(CCCCC3)c3ccccc3-4)c3ccccc3c(-c3cccc4c3-c3ccccc3C4(C)C)c2c1.Cc1ccc2c(-c3cccc4c3CCCC4)c3ccccc3c(-c3cccc4c3-c3ccccc3C4(C)C)c2c1. The second kappa shape index (κ2) is 32.4. The Kier molecular flexibility index (Phi) is 19.6. The van der Waals surface area contributed by atoms with Crippen molar-refractivity contribution in [2.24, 2.45) is 0 Å². The number of fused-ring (bicyclic) bond motifs is 22. The van der Waals surface area contributed by atoms with Crippen LogP contribution in [0.1, 0.15) is 159 Å². The fourth-order valence-electron chi connectivity index (χ4n) is 26.7. The molecule has 0 bridgehead atoms. The van der Waals surface area contributed by atoms with Crippen LogP contribution in [0.15, 0.2) is 394 Å². The number of hydrogen-bond acceptors (Lipinski definition) is 1. The molecule has 0 radical (unpaired) electrons. The third-order valence-corrected chi connectivity index (χ3v) is 33.1. The van der Waals surface area contributed by atoms with E-state index in [9.17, 15) is 0 Å². The van der Waals surface area contributed by atoms with Crippen molar-refractivity contribution in [3.05, 3.63) is 467 Å². The molecule has 0 N–H and O–H groups in total. The van der Waals surface area contributed by atoms with Gasteiger partial charge in [-0.15, -0.1) is 0 Å². The molecular formula is C137H110N2. The average molecular weight is 1780 g/mol. The molecule has 1 heterocycles. The van der Waals surface area contributed by atoms with Gasteiger partial charge in [-0.3, -0.25) is 4.57 Å². The second-order valence-corrected chi connectivity index (χ2v) is 42.0. The molecule has 139 heavy (non-hydrogen) atoms. The molecule has 6 aliphatic rings. The van der Waals surface area contributed by atoms with Crippen LogP contribution in [0.25, 0.3) is 204 Å². The minimum atomic E-state index is -0.0633. The van der Waals surface area contributed by atoms with Crippen molar-refractivity contribution >= 4 is 75.7 Å². The normalized spacial score (nSPS) is 14.9. The Bertz CT molecular complexity index is 8900. The third-order valence-electron chi connectivity index (χ3n) is 33.1. The molecule has 22 aromatic rings. The van der Waals surface area contributed by atoms with Crippen molar-refractivity contribution in [2.45, 2.75) is 142 Å². The Labute approximate surface area is 816 Å². The van der Waals surface area contributed by atoms with Gasteiger partial charge in [0.1, 0.15) is 5.82 Å². The Hall–Kier alpha value is -15.4. The lowest BCUT2D eigenvalue weighted by Gasteiger charge is -2.36. The molecule has 1 aromatic heterocycles. The van der Waals surface area contributed by atoms with E-state index >= 15 is 0 Å². The van der Waals surface area contributed by atoms with E-state index in [2.05, 4.69) is 461 Å². The van der Waals surface area contributed by atoms with Crippen molar-refractivity contribution < 1.29 is 0 Å². The number of nitrogens with zero attached hydrogens (tertiary/aromatic N) is 2. The molecule has 28 rings (SSSR count). The molecule has 6 aliphatic carbocycles. The van der Waals surface area contributed by atoms with Crippen LogP contribution in [0.2, 0.25) is 0 Å². The number of imidazole rings is 1. The number of rotatable bonds is 8. The first-order valence-corrected chi connectivity index (χ1v) is 50.6. The highest BCUT2D eigenvalue weighted by molar-refractivity contribution is 6.27. The first-order chi connectivity index (χ1) is 68.0. The standard InChI is InChI=1S/C49H36N2.C48H40.C40H34/c1-31-24-29-37-40(30-31)46(39-19-13-21-42-47(39)38-18-9-10-20-41(38)49(42,2)3)36-17-8-7-16-35(36)45(37)32-25-27-33(28-26-32)48-50-43-22-11-12-23-44(43)51(48)34-14-5-4-6-15-34;1-30-22-24-36-39(28-30)45(38-18-13-21-42-46(38)37-17-8-9-19-40(37)47(42,2)3)35-16-6-5-15-34(35)44(36)31-23-25-33-32-14-7-10-20-41(32)48(43(33)29-31)26-11-4-12-27-48;1-25-22-23-31-34(24-25)38(33-19-11-21-36-39(33)32-17-8-9-20-35(32)40(36,2)3)30-16-7-6-15-29(30)37(31)28-18-10-13-26-12-4-5-14-27(26)28/h4-30H,1-3H3;5-10,13-25,28-29H,4,11-12,26-27H2,1-3H3;6-11,13,15-24H,4-5,12,14H2,1-3H3. The molecule has 668 valence electrons. The van der Waals surface area contributed by atoms with Crippen LogP contribution in [0.3, 0.4) is 0 Å². The molecule has 1 saturated carbocycles. The smallest absolute Gasteiger partial charge is 0.145 e. The fourth-order valence-corrected chi connectivity index (χ4v) is 26.7. The van der Waals surface area contributed by atoms with Gasteiger partial charge in [0.25, 0.3) is 0 Å². The van der Waals surface area contributed by atoms with E-state index in [1.807, 2.05) is 0 Å². The van der Waals surface area contributed by atoms with Crippen LogP contribution < -0.4 is 0 Å². The van der Waals surface area contributed by atoms with E-state index in [0.717, 1.165) is 28.1 Å². The van der Waals surface area contributed by atoms with Gasteiger partial charge in [-0.25, -0.2) is 4.98 Å². The van der Waals surface area contributed by atoms with Gasteiger partial charge in [-0.05, 0) is 321 Å². The van der Waals surface area contributed by atoms with Crippen LogP contribution in [-0.2, 0) is 34.5 Å². The molecule has 0 atom stereocenters. The first-order valence-electron chi connectivity index (χ1n) is 50.6. The lowest BCUT2D eigenvalue weighted by Crippen LogP contribution is -2.28. The summed E-state index contributed by atoms with van der Waals surface area (Å²) < 4.78 is 2.27. The predicted octanol–water partition coefficient (Wildman–Crippen LogP) is 36.9. The monoisotopic (exact) mass is 1780 g/mol. The summed E-state index contributed by atoms with van der Waals surface area (Å²) in [6, 6.07) is 148. The lowest BCUT2D eigenvalue weighted by atomic mass is 9.67. The fraction of sp³-hybridized carbons (Fsp3) is 0.161. The quantitative estimate of drug-likeness (QED) is 0.139. The van der Waals surface area contributed by atoms with Crippen LogP contribution in [0, 0.1) is 20.8 Å². The van der Waals surface area contributed by atoms with Gasteiger partial charge in [-0.1, -0.05) is 441 Å². The third kappa shape index (κ3) is 12.9. The summed E-state index contributed by atoms with van der Waals surface area (Å²) in [6.45, 7) is 20.9. The van der Waals surface area contributed by atoms with Crippen molar-refractivity contribution in [3.63, 3.8) is 0 Å². The van der Waals surface area contributed by atoms with Gasteiger partial charge < -0.3 is 0 Å². The van der Waals surface area contributed by atoms with Crippen molar-refractivity contribution in [3.8, 4) is 128 Å². The number of aromatic nitrogens is 2. The topological polar surface area (TPSA) is 17.8 Å². The van der Waals surface area contributed by atoms with Gasteiger partial charge in [0.05, 0.1) is 11.0 Å². The van der Waals surface area contributed by atoms with Crippen molar-refractivity contribution in [1.29, 1.82) is 0 Å². The van der Waals surface area contributed by atoms with Crippen LogP contribution in [0.4, 0.5) is 0 Å². The van der Waals surface area contributed by atoms with Crippen LogP contribution in [0.5, 0.6) is 0 Å². The highest BCUT2D eigenvalue weighted by Gasteiger charge is 2.46. The Morgan fingerprint density at radius 1 is 0.223 bits per heavy atom. The molecule has 0 aliphatic heterocycles. The zero-order valence-electron chi connectivity index (χ0n) is 80.8. The molecule has 0 unspecified atom stereocenters. The van der Waals surface area contributed by atoms with E-state index in [4.69, 9.17) is 4.98 Å². The number of para-hydroxylation sites is 3. The molecule has 1 spiro atoms. The van der Waals surface area contributed by atoms with Crippen LogP contribution >= 0.6 is 0 Å². The summed E-state index contributed by atoms with van der Waals surface area (Å²) in [7, 11) is 0. The molecule has 0 amide bonds. The summed E-state index contributed by atoms with van der Waals surface area (Å²) in [5.41, 5.74) is 50.0. The molecule has 21 aromatic carbocycles. The average Bonchev–Trinajstić information content (AvgIpc) is 1.58. The highest BCUT2D eigenvalue weighted by atomic mass is 15.1. The van der Waals surface area contributed by atoms with Gasteiger partial charge in [-0.2, -0.15) is 0 Å². The maximum Gasteiger partial charge on any atom is 0.145 e.